The Morgan fingerprint density at radius 2 is 0.523 bits per heavy atom. The Balaban J connectivity index is 1.00. The van der Waals surface area contributed by atoms with Crippen LogP contribution >= 0.6 is 0 Å². The molecule has 8 heteroatoms. The predicted molar refractivity (Wildman–Crippen MR) is 565 cm³/mol. The lowest BCUT2D eigenvalue weighted by Gasteiger charge is -2.41. The molecule has 4 aliphatic heterocycles. The fraction of sp³-hybridized carbons (Fsp3) is 0.274. The second-order valence-corrected chi connectivity index (χ2v) is 46.2. The second-order valence-electron chi connectivity index (χ2n) is 46.2. The highest BCUT2D eigenvalue weighted by atomic mass is 14.8. The number of hydrogen-bond acceptors (Lipinski definition) is 4. The van der Waals surface area contributed by atoms with Crippen LogP contribution < -0.4 is 5.22 Å². The van der Waals surface area contributed by atoms with E-state index < -0.39 is 5.41 Å². The molecule has 0 amide bonds. The Labute approximate surface area is 778 Å². The first-order chi connectivity index (χ1) is 62.4. The van der Waals surface area contributed by atoms with Crippen molar-refractivity contribution in [3.05, 3.63) is 324 Å². The van der Waals surface area contributed by atoms with Gasteiger partial charge >= 0.3 is 0 Å². The molecule has 0 fully saturated rings. The molecule has 21 rings (SSSR count). The second kappa shape index (κ2) is 29.9. The molecule has 0 radical (unpaired) electrons. The molecular weight excluding hydrogens is 1600 g/mol. The van der Waals surface area contributed by atoms with Crippen molar-refractivity contribution in [3.8, 4) is 77.9 Å². The van der Waals surface area contributed by atoms with Crippen molar-refractivity contribution >= 4 is 120 Å². The summed E-state index contributed by atoms with van der Waals surface area (Å²) in [4.78, 5) is 42.0. The van der Waals surface area contributed by atoms with Gasteiger partial charge in [-0.15, -0.1) is 0 Å². The van der Waals surface area contributed by atoms with E-state index in [0.717, 1.165) is 189 Å². The molecule has 0 saturated carbocycles. The largest absolute Gasteiger partial charge is 0.354 e. The summed E-state index contributed by atoms with van der Waals surface area (Å²) >= 11 is 0. The van der Waals surface area contributed by atoms with Crippen LogP contribution in [0.3, 0.4) is 0 Å². The van der Waals surface area contributed by atoms with E-state index in [0.29, 0.717) is 6.42 Å². The van der Waals surface area contributed by atoms with Gasteiger partial charge in [-0.1, -0.05) is 348 Å². The van der Waals surface area contributed by atoms with Crippen molar-refractivity contribution in [2.75, 3.05) is 0 Å². The number of benzene rings is 9. The van der Waals surface area contributed by atoms with E-state index in [9.17, 15) is 0 Å². The van der Waals surface area contributed by atoms with Crippen LogP contribution in [0.1, 0.15) is 279 Å². The van der Waals surface area contributed by atoms with Gasteiger partial charge in [0.05, 0.1) is 67.5 Å². The summed E-state index contributed by atoms with van der Waals surface area (Å²) in [6.07, 6.45) is 21.5. The summed E-state index contributed by atoms with van der Waals surface area (Å²) in [6, 6.07) is 82.1. The molecule has 2 aliphatic carbocycles. The third-order valence-corrected chi connectivity index (χ3v) is 29.0. The normalized spacial score (nSPS) is 15.1. The highest BCUT2D eigenvalue weighted by Crippen LogP contribution is 2.60. The summed E-state index contributed by atoms with van der Waals surface area (Å²) < 4.78 is 0. The van der Waals surface area contributed by atoms with Crippen LogP contribution in [0.4, 0.5) is 0 Å². The van der Waals surface area contributed by atoms with Crippen molar-refractivity contribution in [1.29, 1.82) is 0 Å². The number of nitrogens with one attached hydrogen (secondary N) is 4. The predicted octanol–water partition coefficient (Wildman–Crippen LogP) is 32.5. The first-order valence-electron chi connectivity index (χ1n) is 47.5. The molecule has 4 N–H and O–H groups in total. The van der Waals surface area contributed by atoms with Crippen molar-refractivity contribution in [3.63, 3.8) is 0 Å². The number of aromatic nitrogens is 8. The standard InChI is InChI=1S/C124H122N8/c1-116(2,3)76-37-25-70(26-38-76)103-90-53-55-93(125-90)106(73-31-43-79(44-32-73)119(10,11)12)97-61-64-101(130-97)110-86-52-50-83(123(22,23)24)68-88(86)124(89-69-102(131-113(89)110)107(98-58-57-94(103)127-98)74-33-45-80(46-34-74)120(13,14)15)66-65-85-87-67-82(122(19,20)21)49-51-84(87)109-100-63-60-96(129-100)105(72-29-41-78(42-30-72)118(7,8)9)92-56-54-91(126-92)104(71-27-39-77(40-28-71)117(4,5)6)95-59-62-99(128-95)108(115-112(124)111(85)114(109)132-115)75-35-47-81(48-36-75)121(16,17)18/h25-65,67-69,125-126,131-132H,66H2,1-24H3. The Kier molecular flexibility index (Phi) is 19.3. The number of aromatic amines is 4. The Hall–Kier alpha value is -13.3. The maximum absolute atomic E-state index is 6.23. The van der Waals surface area contributed by atoms with Crippen LogP contribution in [-0.4, -0.2) is 39.9 Å². The van der Waals surface area contributed by atoms with Gasteiger partial charge in [-0.25, -0.2) is 19.9 Å². The highest BCUT2D eigenvalue weighted by Gasteiger charge is 2.49. The smallest absolute Gasteiger partial charge is 0.0737 e. The number of H-pyrrole nitrogens is 4. The van der Waals surface area contributed by atoms with Gasteiger partial charge in [-0.3, -0.25) is 0 Å². The van der Waals surface area contributed by atoms with Gasteiger partial charge in [0, 0.05) is 82.9 Å². The zero-order chi connectivity index (χ0) is 92.5. The van der Waals surface area contributed by atoms with Gasteiger partial charge in [-0.05, 0) is 245 Å². The Morgan fingerprint density at radius 1 is 0.227 bits per heavy atom. The molecule has 8 nitrogen and oxygen atoms in total. The monoisotopic (exact) mass is 1720 g/mol. The maximum Gasteiger partial charge on any atom is 0.0737 e. The number of nitrogens with zero attached hydrogens (tertiary/aromatic N) is 4. The average Bonchev–Trinajstić information content (AvgIpc) is 1.47. The molecule has 658 valence electrons. The molecular formula is C124H122N8. The molecule has 6 aliphatic rings. The van der Waals surface area contributed by atoms with Crippen molar-refractivity contribution in [2.45, 2.75) is 221 Å². The van der Waals surface area contributed by atoms with E-state index in [2.05, 4.69) is 453 Å². The molecule has 10 heterocycles. The van der Waals surface area contributed by atoms with E-state index >= 15 is 0 Å². The molecule has 0 saturated heterocycles. The summed E-state index contributed by atoms with van der Waals surface area (Å²) in [5, 5.41) is 5.69. The molecule has 132 heavy (non-hydrogen) atoms. The fourth-order valence-corrected chi connectivity index (χ4v) is 21.3. The van der Waals surface area contributed by atoms with Gasteiger partial charge in [0.2, 0.25) is 0 Å². The lowest BCUT2D eigenvalue weighted by Crippen LogP contribution is -2.35. The SMILES string of the molecule is CC(C)(C)c1ccc(-c2c3nc(c(-c4ccc(C(C)(C)C)cc4)c4cc5c([nH]4)c(c4nc(c(-c6ccc(C(C)(C)C)cc6)c6ccc2[nH]6)C=C4)-c2ccc(C(C)(C)C)cc2C52CC=c4c5cc(C(C)(C)C)ccc5c5c6nc(c(-c7ccc(C(C)(C)C)cc7)c7ccc([nH]7)c(-c7ccc(C(C)(C)C)cc7)c7nc(c(-c8ccc(C(C)(C)C)cc8)c8[nH]c5c4c82)C=C7)C=C6)C=C3)cc1. The van der Waals surface area contributed by atoms with E-state index in [1.807, 2.05) is 0 Å². The lowest BCUT2D eigenvalue weighted by atomic mass is 9.59. The van der Waals surface area contributed by atoms with Gasteiger partial charge in [0.15, 0.2) is 0 Å². The van der Waals surface area contributed by atoms with Crippen LogP contribution in [0.25, 0.3) is 198 Å². The summed E-state index contributed by atoms with van der Waals surface area (Å²) in [6.45, 7) is 55.5. The Morgan fingerprint density at radius 3 is 0.879 bits per heavy atom. The van der Waals surface area contributed by atoms with Gasteiger partial charge in [0.25, 0.3) is 0 Å². The zero-order valence-corrected chi connectivity index (χ0v) is 81.4. The van der Waals surface area contributed by atoms with Crippen LogP contribution in [0, 0.1) is 0 Å². The summed E-state index contributed by atoms with van der Waals surface area (Å²) in [5.74, 6) is 0. The fourth-order valence-electron chi connectivity index (χ4n) is 21.3. The number of hydrogen-bond donors (Lipinski definition) is 4. The zero-order valence-electron chi connectivity index (χ0n) is 81.4. The quantitative estimate of drug-likeness (QED) is 0.133. The lowest BCUT2D eigenvalue weighted by molar-refractivity contribution is 0.583. The molecule has 16 bridgehead atoms. The van der Waals surface area contributed by atoms with Crippen LogP contribution in [0.5, 0.6) is 0 Å². The molecule has 9 aromatic carbocycles. The van der Waals surface area contributed by atoms with Crippen molar-refractivity contribution < 1.29 is 0 Å². The first kappa shape index (κ1) is 85.5. The Bertz CT molecular complexity index is 7930. The molecule has 6 aromatic heterocycles. The maximum atomic E-state index is 6.23. The third-order valence-electron chi connectivity index (χ3n) is 29.0. The average molecular weight is 1720 g/mol. The van der Waals surface area contributed by atoms with Gasteiger partial charge in [0.1, 0.15) is 0 Å². The van der Waals surface area contributed by atoms with E-state index in [1.54, 1.807) is 0 Å². The van der Waals surface area contributed by atoms with Gasteiger partial charge < -0.3 is 19.9 Å². The summed E-state index contributed by atoms with van der Waals surface area (Å²) in [5.41, 5.74) is 40.6. The first-order valence-corrected chi connectivity index (χ1v) is 47.5. The third kappa shape index (κ3) is 14.3. The van der Waals surface area contributed by atoms with Crippen molar-refractivity contribution in [1.82, 2.24) is 39.9 Å². The summed E-state index contributed by atoms with van der Waals surface area (Å²) in [7, 11) is 0. The van der Waals surface area contributed by atoms with Crippen LogP contribution in [0.2, 0.25) is 0 Å². The van der Waals surface area contributed by atoms with Crippen LogP contribution in [0.15, 0.2) is 212 Å². The molecule has 1 spiro atoms. The van der Waals surface area contributed by atoms with E-state index in [1.165, 1.54) is 66.2 Å². The number of fused-ring (bicyclic) bond motifs is 25. The molecule has 15 aromatic rings. The van der Waals surface area contributed by atoms with Crippen LogP contribution in [-0.2, 0) is 48.7 Å². The van der Waals surface area contributed by atoms with Gasteiger partial charge in [-0.2, -0.15) is 0 Å². The molecule has 1 unspecified atom stereocenters. The molecule has 1 atom stereocenters. The van der Waals surface area contributed by atoms with E-state index in [-0.39, 0.29) is 43.3 Å². The number of rotatable bonds is 6. The topological polar surface area (TPSA) is 115 Å². The van der Waals surface area contributed by atoms with E-state index in [4.69, 9.17) is 19.9 Å². The minimum absolute atomic E-state index is 0.0653. The van der Waals surface area contributed by atoms with Crippen molar-refractivity contribution in [2.24, 2.45) is 0 Å². The minimum atomic E-state index is -1.01. The highest BCUT2D eigenvalue weighted by molar-refractivity contribution is 6.22. The minimum Gasteiger partial charge on any atom is -0.354 e.